The molecule has 0 fully saturated rings. The minimum Gasteiger partial charge on any atom is -0.497 e. The van der Waals surface area contributed by atoms with E-state index in [4.69, 9.17) is 9.47 Å². The fraction of sp³-hybridized carbons (Fsp3) is 0.250. The first-order valence-corrected chi connectivity index (χ1v) is 10.7. The molecule has 0 spiro atoms. The lowest BCUT2D eigenvalue weighted by Gasteiger charge is -2.31. The zero-order valence-electron chi connectivity index (χ0n) is 18.3. The Hall–Kier alpha value is -3.51. The topological polar surface area (TPSA) is 42.2 Å². The predicted molar refractivity (Wildman–Crippen MR) is 125 cm³/mol. The van der Waals surface area contributed by atoms with Crippen molar-refractivity contribution < 1.29 is 9.47 Å². The van der Waals surface area contributed by atoms with Gasteiger partial charge in [0.2, 0.25) is 0 Å². The van der Waals surface area contributed by atoms with Crippen LogP contribution in [0.5, 0.6) is 11.5 Å². The molecule has 1 atom stereocenters. The Kier molecular flexibility index (Phi) is 6.09. The monoisotopic (exact) mass is 409 g/mol. The summed E-state index contributed by atoms with van der Waals surface area (Å²) in [5.41, 5.74) is 8.41. The van der Waals surface area contributed by atoms with E-state index in [-0.39, 0.29) is 0 Å². The zero-order valence-corrected chi connectivity index (χ0v) is 18.3. The van der Waals surface area contributed by atoms with Crippen molar-refractivity contribution in [1.29, 1.82) is 5.26 Å². The molecule has 0 N–H and O–H groups in total. The van der Waals surface area contributed by atoms with Crippen LogP contribution in [0.1, 0.15) is 47.1 Å². The maximum atomic E-state index is 9.63. The molecule has 0 saturated carbocycles. The van der Waals surface area contributed by atoms with Gasteiger partial charge in [-0.1, -0.05) is 48.9 Å². The van der Waals surface area contributed by atoms with Gasteiger partial charge in [-0.25, -0.2) is 0 Å². The van der Waals surface area contributed by atoms with Gasteiger partial charge in [0.25, 0.3) is 0 Å². The van der Waals surface area contributed by atoms with Gasteiger partial charge in [0.05, 0.1) is 25.9 Å². The highest BCUT2D eigenvalue weighted by atomic mass is 16.5. The predicted octanol–water partition coefficient (Wildman–Crippen LogP) is 6.32. The SMILES string of the molecule is CCC1=C(Cc2ccccc2C#N)c2cc(OC)ccc2CC1c1ccc(OC)cc1. The number of rotatable bonds is 6. The number of hydrogen-bond donors (Lipinski definition) is 0. The average Bonchev–Trinajstić information content (AvgIpc) is 2.83. The van der Waals surface area contributed by atoms with Crippen LogP contribution in [0.25, 0.3) is 5.57 Å². The van der Waals surface area contributed by atoms with E-state index in [2.05, 4.69) is 43.3 Å². The van der Waals surface area contributed by atoms with Crippen molar-refractivity contribution in [3.05, 3.63) is 100 Å². The van der Waals surface area contributed by atoms with Crippen molar-refractivity contribution in [1.82, 2.24) is 0 Å². The number of allylic oxidation sites excluding steroid dienone is 2. The summed E-state index contributed by atoms with van der Waals surface area (Å²) >= 11 is 0. The Bertz CT molecular complexity index is 1150. The molecular formula is C28H27NO2. The molecular weight excluding hydrogens is 382 g/mol. The number of hydrogen-bond acceptors (Lipinski definition) is 3. The molecule has 3 aromatic carbocycles. The standard InChI is InChI=1S/C28H27NO2/c1-4-25-26(19-9-12-23(30-2)13-10-19)16-21-11-14-24(31-3)17-27(21)28(25)15-20-7-5-6-8-22(20)18-29/h5-14,17,26H,4,15-16H2,1-3H3. The third-order valence-electron chi connectivity index (χ3n) is 6.28. The quantitative estimate of drug-likeness (QED) is 0.478. The number of nitriles is 1. The smallest absolute Gasteiger partial charge is 0.119 e. The average molecular weight is 410 g/mol. The van der Waals surface area contributed by atoms with E-state index in [0.717, 1.165) is 41.9 Å². The first-order chi connectivity index (χ1) is 15.2. The molecule has 1 unspecified atom stereocenters. The fourth-order valence-corrected chi connectivity index (χ4v) is 4.67. The molecule has 0 aliphatic heterocycles. The van der Waals surface area contributed by atoms with Gasteiger partial charge >= 0.3 is 0 Å². The van der Waals surface area contributed by atoms with Crippen LogP contribution in [0.15, 0.2) is 72.3 Å². The van der Waals surface area contributed by atoms with Crippen molar-refractivity contribution in [2.45, 2.75) is 32.1 Å². The minimum absolute atomic E-state index is 0.307. The number of fused-ring (bicyclic) bond motifs is 1. The highest BCUT2D eigenvalue weighted by Crippen LogP contribution is 2.44. The molecule has 3 heteroatoms. The highest BCUT2D eigenvalue weighted by Gasteiger charge is 2.28. The maximum absolute atomic E-state index is 9.63. The first kappa shape index (κ1) is 20.8. The van der Waals surface area contributed by atoms with E-state index in [1.807, 2.05) is 36.4 Å². The molecule has 156 valence electrons. The summed E-state index contributed by atoms with van der Waals surface area (Å²) < 4.78 is 10.9. The lowest BCUT2D eigenvalue weighted by molar-refractivity contribution is 0.414. The van der Waals surface area contributed by atoms with E-state index >= 15 is 0 Å². The van der Waals surface area contributed by atoms with Crippen molar-refractivity contribution in [2.75, 3.05) is 14.2 Å². The normalized spacial score (nSPS) is 15.2. The van der Waals surface area contributed by atoms with Crippen LogP contribution in [-0.4, -0.2) is 14.2 Å². The lowest BCUT2D eigenvalue weighted by Crippen LogP contribution is -2.16. The molecule has 3 nitrogen and oxygen atoms in total. The molecule has 0 heterocycles. The minimum atomic E-state index is 0.307. The number of benzene rings is 3. The largest absolute Gasteiger partial charge is 0.497 e. The van der Waals surface area contributed by atoms with Gasteiger partial charge in [0, 0.05) is 5.92 Å². The van der Waals surface area contributed by atoms with Gasteiger partial charge < -0.3 is 9.47 Å². The Morgan fingerprint density at radius 3 is 2.32 bits per heavy atom. The van der Waals surface area contributed by atoms with Gasteiger partial charge in [-0.3, -0.25) is 0 Å². The van der Waals surface area contributed by atoms with E-state index in [9.17, 15) is 5.26 Å². The van der Waals surface area contributed by atoms with E-state index in [0.29, 0.717) is 5.92 Å². The fourth-order valence-electron chi connectivity index (χ4n) is 4.67. The Morgan fingerprint density at radius 2 is 1.65 bits per heavy atom. The summed E-state index contributed by atoms with van der Waals surface area (Å²) in [6.45, 7) is 2.23. The summed E-state index contributed by atoms with van der Waals surface area (Å²) in [5.74, 6) is 2.04. The molecule has 4 rings (SSSR count). The third kappa shape index (κ3) is 4.07. The molecule has 0 radical (unpaired) electrons. The summed E-state index contributed by atoms with van der Waals surface area (Å²) in [4.78, 5) is 0. The summed E-state index contributed by atoms with van der Waals surface area (Å²) in [6, 6.07) is 25.1. The van der Waals surface area contributed by atoms with Crippen LogP contribution < -0.4 is 9.47 Å². The molecule has 1 aliphatic rings. The number of nitrogens with zero attached hydrogens (tertiary/aromatic N) is 1. The van der Waals surface area contributed by atoms with Crippen molar-refractivity contribution in [3.8, 4) is 17.6 Å². The molecule has 0 aromatic heterocycles. The van der Waals surface area contributed by atoms with E-state index in [1.54, 1.807) is 14.2 Å². The van der Waals surface area contributed by atoms with Gasteiger partial charge in [-0.05, 0) is 77.4 Å². The molecule has 0 saturated heterocycles. The van der Waals surface area contributed by atoms with E-state index in [1.165, 1.54) is 27.8 Å². The van der Waals surface area contributed by atoms with Crippen LogP contribution in [0.2, 0.25) is 0 Å². The molecule has 0 amide bonds. The van der Waals surface area contributed by atoms with Crippen LogP contribution in [-0.2, 0) is 12.8 Å². The van der Waals surface area contributed by atoms with Gasteiger partial charge in [0.1, 0.15) is 11.5 Å². The van der Waals surface area contributed by atoms with Gasteiger partial charge in [0.15, 0.2) is 0 Å². The van der Waals surface area contributed by atoms with Crippen molar-refractivity contribution in [3.63, 3.8) is 0 Å². The summed E-state index contributed by atoms with van der Waals surface area (Å²) in [5, 5.41) is 9.63. The molecule has 0 bridgehead atoms. The van der Waals surface area contributed by atoms with Gasteiger partial charge in [-0.15, -0.1) is 0 Å². The van der Waals surface area contributed by atoms with Crippen LogP contribution in [0.4, 0.5) is 0 Å². The second kappa shape index (κ2) is 9.10. The second-order valence-electron chi connectivity index (χ2n) is 7.86. The van der Waals surface area contributed by atoms with E-state index < -0.39 is 0 Å². The van der Waals surface area contributed by atoms with Crippen LogP contribution in [0, 0.1) is 11.3 Å². The summed E-state index contributed by atoms with van der Waals surface area (Å²) in [6.07, 6.45) is 2.65. The number of ether oxygens (including phenoxy) is 2. The molecule has 1 aliphatic carbocycles. The van der Waals surface area contributed by atoms with Gasteiger partial charge in [-0.2, -0.15) is 5.26 Å². The van der Waals surface area contributed by atoms with Crippen LogP contribution in [0.3, 0.4) is 0 Å². The first-order valence-electron chi connectivity index (χ1n) is 10.7. The third-order valence-corrected chi connectivity index (χ3v) is 6.28. The highest BCUT2D eigenvalue weighted by molar-refractivity contribution is 5.78. The molecule has 31 heavy (non-hydrogen) atoms. The van der Waals surface area contributed by atoms with Crippen LogP contribution >= 0.6 is 0 Å². The summed E-state index contributed by atoms with van der Waals surface area (Å²) in [7, 11) is 3.40. The molecule has 3 aromatic rings. The Balaban J connectivity index is 1.87. The van der Waals surface area contributed by atoms with Crippen molar-refractivity contribution in [2.24, 2.45) is 0 Å². The Morgan fingerprint density at radius 1 is 0.935 bits per heavy atom. The maximum Gasteiger partial charge on any atom is 0.119 e. The second-order valence-corrected chi connectivity index (χ2v) is 7.86. The zero-order chi connectivity index (χ0) is 21.8. The van der Waals surface area contributed by atoms with Crippen molar-refractivity contribution >= 4 is 5.57 Å². The lowest BCUT2D eigenvalue weighted by atomic mass is 9.73. The number of methoxy groups -OCH3 is 2. The Labute approximate surface area is 184 Å².